The lowest BCUT2D eigenvalue weighted by atomic mass is 10.2. The Labute approximate surface area is 186 Å². The number of hydrogen-bond donors (Lipinski definition) is 0. The summed E-state index contributed by atoms with van der Waals surface area (Å²) in [6.45, 7) is 9.45. The van der Waals surface area contributed by atoms with Gasteiger partial charge in [0.15, 0.2) is 5.13 Å². The molecule has 0 saturated carbocycles. The number of anilines is 1. The SMILES string of the molecule is CCOc1ccc2nc(N(CCCN3CCOCC3)C(=O)c3c(C)cnn3C)sc2c1. The van der Waals surface area contributed by atoms with Crippen LogP contribution in [0, 0.1) is 6.92 Å². The summed E-state index contributed by atoms with van der Waals surface area (Å²) in [4.78, 5) is 22.5. The quantitative estimate of drug-likeness (QED) is 0.533. The summed E-state index contributed by atoms with van der Waals surface area (Å²) < 4.78 is 13.7. The first-order valence-corrected chi connectivity index (χ1v) is 11.5. The van der Waals surface area contributed by atoms with Gasteiger partial charge in [-0.2, -0.15) is 5.10 Å². The van der Waals surface area contributed by atoms with Crippen LogP contribution < -0.4 is 9.64 Å². The molecule has 1 amide bonds. The lowest BCUT2D eigenvalue weighted by Crippen LogP contribution is -2.39. The van der Waals surface area contributed by atoms with Crippen molar-refractivity contribution in [3.63, 3.8) is 0 Å². The minimum absolute atomic E-state index is 0.0661. The maximum absolute atomic E-state index is 13.5. The van der Waals surface area contributed by atoms with E-state index in [-0.39, 0.29) is 5.91 Å². The Kier molecular flexibility index (Phi) is 6.84. The molecule has 0 bridgehead atoms. The molecule has 0 N–H and O–H groups in total. The third-order valence-corrected chi connectivity index (χ3v) is 6.46. The Hall–Kier alpha value is -2.49. The van der Waals surface area contributed by atoms with Crippen LogP contribution in [0.25, 0.3) is 10.2 Å². The molecule has 1 aliphatic heterocycles. The van der Waals surface area contributed by atoms with Crippen LogP contribution in [0.15, 0.2) is 24.4 Å². The molecule has 31 heavy (non-hydrogen) atoms. The largest absolute Gasteiger partial charge is 0.494 e. The van der Waals surface area contributed by atoms with E-state index in [9.17, 15) is 4.79 Å². The molecule has 0 atom stereocenters. The predicted molar refractivity (Wildman–Crippen MR) is 122 cm³/mol. The van der Waals surface area contributed by atoms with Gasteiger partial charge in [-0.1, -0.05) is 11.3 Å². The van der Waals surface area contributed by atoms with Gasteiger partial charge in [0.25, 0.3) is 5.91 Å². The fraction of sp³-hybridized carbons (Fsp3) is 0.500. The second kappa shape index (κ2) is 9.76. The fourth-order valence-electron chi connectivity index (χ4n) is 3.81. The first-order valence-electron chi connectivity index (χ1n) is 10.7. The van der Waals surface area contributed by atoms with Crippen molar-refractivity contribution in [2.45, 2.75) is 20.3 Å². The Morgan fingerprint density at radius 1 is 1.32 bits per heavy atom. The van der Waals surface area contributed by atoms with Gasteiger partial charge in [-0.15, -0.1) is 0 Å². The standard InChI is InChI=1S/C22H29N5O3S/c1-4-30-17-6-7-18-19(14-17)31-22(24-18)27(9-5-8-26-10-12-29-13-11-26)21(28)20-16(2)15-23-25(20)3/h6-7,14-15H,4-5,8-13H2,1-3H3. The van der Waals surface area contributed by atoms with E-state index in [0.717, 1.165) is 60.8 Å². The molecule has 166 valence electrons. The zero-order valence-electron chi connectivity index (χ0n) is 18.3. The number of ether oxygens (including phenoxy) is 2. The number of nitrogens with zero attached hydrogens (tertiary/aromatic N) is 5. The van der Waals surface area contributed by atoms with E-state index in [1.54, 1.807) is 22.8 Å². The molecule has 1 saturated heterocycles. The first-order chi connectivity index (χ1) is 15.1. The molecule has 0 aliphatic carbocycles. The number of hydrogen-bond acceptors (Lipinski definition) is 7. The van der Waals surface area contributed by atoms with Crippen molar-refractivity contribution in [3.05, 3.63) is 35.7 Å². The highest BCUT2D eigenvalue weighted by molar-refractivity contribution is 7.22. The van der Waals surface area contributed by atoms with Crippen LogP contribution in [0.2, 0.25) is 0 Å². The summed E-state index contributed by atoms with van der Waals surface area (Å²) in [6.07, 6.45) is 2.59. The van der Waals surface area contributed by atoms with Crippen molar-refractivity contribution >= 4 is 32.6 Å². The third kappa shape index (κ3) is 4.89. The summed E-state index contributed by atoms with van der Waals surface area (Å²) in [7, 11) is 1.80. The number of rotatable bonds is 8. The zero-order chi connectivity index (χ0) is 21.8. The molecule has 8 nitrogen and oxygen atoms in total. The molecule has 0 unspecified atom stereocenters. The average molecular weight is 444 g/mol. The van der Waals surface area contributed by atoms with Crippen LogP contribution in [0.4, 0.5) is 5.13 Å². The highest BCUT2D eigenvalue weighted by Gasteiger charge is 2.25. The lowest BCUT2D eigenvalue weighted by Gasteiger charge is -2.27. The fourth-order valence-corrected chi connectivity index (χ4v) is 4.83. The Balaban J connectivity index is 1.59. The van der Waals surface area contributed by atoms with Gasteiger partial charge >= 0.3 is 0 Å². The molecule has 3 aromatic rings. The average Bonchev–Trinajstić information content (AvgIpc) is 3.34. The number of thiazole rings is 1. The second-order valence-electron chi connectivity index (χ2n) is 7.62. The van der Waals surface area contributed by atoms with Gasteiger partial charge in [0.1, 0.15) is 11.4 Å². The van der Waals surface area contributed by atoms with Gasteiger partial charge in [0, 0.05) is 33.2 Å². The molecule has 4 rings (SSSR count). The normalized spacial score (nSPS) is 14.8. The van der Waals surface area contributed by atoms with Gasteiger partial charge < -0.3 is 9.47 Å². The summed E-state index contributed by atoms with van der Waals surface area (Å²) in [5.74, 6) is 0.751. The van der Waals surface area contributed by atoms with Crippen LogP contribution >= 0.6 is 11.3 Å². The first kappa shape index (κ1) is 21.7. The summed E-state index contributed by atoms with van der Waals surface area (Å²) in [5.41, 5.74) is 2.34. The highest BCUT2D eigenvalue weighted by atomic mass is 32.1. The Morgan fingerprint density at radius 2 is 2.13 bits per heavy atom. The van der Waals surface area contributed by atoms with E-state index in [0.29, 0.717) is 24.0 Å². The number of amides is 1. The molecule has 9 heteroatoms. The number of aryl methyl sites for hydroxylation is 2. The van der Waals surface area contributed by atoms with E-state index < -0.39 is 0 Å². The topological polar surface area (TPSA) is 72.7 Å². The van der Waals surface area contributed by atoms with Crippen molar-refractivity contribution in [2.75, 3.05) is 50.9 Å². The zero-order valence-corrected chi connectivity index (χ0v) is 19.2. The van der Waals surface area contributed by atoms with Gasteiger partial charge in [0.2, 0.25) is 0 Å². The number of benzene rings is 1. The van der Waals surface area contributed by atoms with Crippen LogP contribution in [0.5, 0.6) is 5.75 Å². The van der Waals surface area contributed by atoms with Crippen molar-refractivity contribution in [3.8, 4) is 5.75 Å². The van der Waals surface area contributed by atoms with Gasteiger partial charge in [-0.05, 0) is 44.0 Å². The van der Waals surface area contributed by atoms with Crippen LogP contribution in [0.1, 0.15) is 29.4 Å². The van der Waals surface area contributed by atoms with Crippen molar-refractivity contribution < 1.29 is 14.3 Å². The maximum atomic E-state index is 13.5. The van der Waals surface area contributed by atoms with E-state index >= 15 is 0 Å². The molecule has 3 heterocycles. The molecule has 0 spiro atoms. The summed E-state index contributed by atoms with van der Waals surface area (Å²) >= 11 is 1.52. The number of carbonyl (C=O) groups is 1. The van der Waals surface area contributed by atoms with Crippen LogP contribution in [-0.4, -0.2) is 71.6 Å². The van der Waals surface area contributed by atoms with E-state index in [4.69, 9.17) is 14.5 Å². The van der Waals surface area contributed by atoms with Crippen molar-refractivity contribution in [1.29, 1.82) is 0 Å². The molecule has 1 aromatic carbocycles. The molecule has 1 aliphatic rings. The minimum Gasteiger partial charge on any atom is -0.494 e. The number of carbonyl (C=O) groups excluding carboxylic acids is 1. The Morgan fingerprint density at radius 3 is 2.84 bits per heavy atom. The predicted octanol–water partition coefficient (Wildman–Crippen LogP) is 3.11. The van der Waals surface area contributed by atoms with Gasteiger partial charge in [0.05, 0.1) is 36.2 Å². The number of morpholine rings is 1. The lowest BCUT2D eigenvalue weighted by molar-refractivity contribution is 0.0376. The number of fused-ring (bicyclic) bond motifs is 1. The van der Waals surface area contributed by atoms with Gasteiger partial charge in [-0.25, -0.2) is 4.98 Å². The van der Waals surface area contributed by atoms with Gasteiger partial charge in [-0.3, -0.25) is 19.3 Å². The monoisotopic (exact) mass is 443 g/mol. The van der Waals surface area contributed by atoms with E-state index in [2.05, 4.69) is 10.00 Å². The van der Waals surface area contributed by atoms with Crippen LogP contribution in [0.3, 0.4) is 0 Å². The van der Waals surface area contributed by atoms with Crippen LogP contribution in [-0.2, 0) is 11.8 Å². The van der Waals surface area contributed by atoms with E-state index in [1.807, 2.05) is 32.0 Å². The molecule has 1 fully saturated rings. The number of aromatic nitrogens is 3. The molecule has 2 aromatic heterocycles. The highest BCUT2D eigenvalue weighted by Crippen LogP contribution is 2.32. The third-order valence-electron chi connectivity index (χ3n) is 5.42. The molecular formula is C22H29N5O3S. The van der Waals surface area contributed by atoms with Crippen molar-refractivity contribution in [1.82, 2.24) is 19.7 Å². The maximum Gasteiger partial charge on any atom is 0.278 e. The second-order valence-corrected chi connectivity index (χ2v) is 8.63. The smallest absolute Gasteiger partial charge is 0.278 e. The molecular weight excluding hydrogens is 414 g/mol. The van der Waals surface area contributed by atoms with E-state index in [1.165, 1.54) is 11.3 Å². The Bertz CT molecular complexity index is 1020. The molecule has 0 radical (unpaired) electrons. The minimum atomic E-state index is -0.0661. The summed E-state index contributed by atoms with van der Waals surface area (Å²) in [6, 6.07) is 5.86. The van der Waals surface area contributed by atoms with Crippen molar-refractivity contribution in [2.24, 2.45) is 7.05 Å². The summed E-state index contributed by atoms with van der Waals surface area (Å²) in [5, 5.41) is 4.96.